The molecule has 0 aliphatic carbocycles. The number of aromatic hydroxyl groups is 2. The molecule has 0 aromatic heterocycles. The average molecular weight is 508 g/mol. The third-order valence-electron chi connectivity index (χ3n) is 6.20. The number of nitrogens with one attached hydrogen (secondary N) is 1. The van der Waals surface area contributed by atoms with E-state index in [9.17, 15) is 19.8 Å². The summed E-state index contributed by atoms with van der Waals surface area (Å²) in [6.07, 6.45) is 4.35. The van der Waals surface area contributed by atoms with Crippen LogP contribution in [0, 0.1) is 5.41 Å². The van der Waals surface area contributed by atoms with Crippen LogP contribution in [0.5, 0.6) is 11.5 Å². The quantitative estimate of drug-likeness (QED) is 0.257. The summed E-state index contributed by atoms with van der Waals surface area (Å²) in [7, 11) is 0. The summed E-state index contributed by atoms with van der Waals surface area (Å²) in [4.78, 5) is 31.6. The van der Waals surface area contributed by atoms with Crippen molar-refractivity contribution >= 4 is 35.3 Å². The number of aliphatic imine (C=N–C) groups is 1. The van der Waals surface area contributed by atoms with Gasteiger partial charge in [-0.3, -0.25) is 20.0 Å². The molecule has 3 rings (SSSR count). The van der Waals surface area contributed by atoms with Crippen molar-refractivity contribution in [3.63, 3.8) is 0 Å². The van der Waals surface area contributed by atoms with E-state index < -0.39 is 11.9 Å². The largest absolute Gasteiger partial charge is 0.507 e. The molecule has 0 atom stereocenters. The number of para-hydroxylation sites is 2. The van der Waals surface area contributed by atoms with E-state index in [2.05, 4.69) is 4.99 Å². The molecule has 196 valence electrons. The van der Waals surface area contributed by atoms with Crippen LogP contribution in [0.25, 0.3) is 6.08 Å². The van der Waals surface area contributed by atoms with Gasteiger partial charge in [-0.05, 0) is 50.1 Å². The van der Waals surface area contributed by atoms with Crippen LogP contribution in [0.3, 0.4) is 0 Å². The molecular weight excluding hydrogens is 474 g/mol. The van der Waals surface area contributed by atoms with Gasteiger partial charge in [0.25, 0.3) is 0 Å². The van der Waals surface area contributed by atoms with E-state index in [0.717, 1.165) is 25.9 Å². The van der Waals surface area contributed by atoms with E-state index in [4.69, 9.17) is 16.2 Å². The second-order valence-corrected chi connectivity index (χ2v) is 8.88. The van der Waals surface area contributed by atoms with Crippen LogP contribution in [0.1, 0.15) is 43.7 Å². The fourth-order valence-electron chi connectivity index (χ4n) is 4.11. The molecule has 2 aromatic carbocycles. The molecule has 1 amide bonds. The normalized spacial score (nSPS) is 14.6. The summed E-state index contributed by atoms with van der Waals surface area (Å²) in [5, 5.41) is 37.3. The van der Waals surface area contributed by atoms with Crippen molar-refractivity contribution in [3.8, 4) is 11.5 Å². The van der Waals surface area contributed by atoms with Crippen LogP contribution in [0.2, 0.25) is 0 Å². The van der Waals surface area contributed by atoms with Crippen molar-refractivity contribution < 1.29 is 24.9 Å². The molecule has 1 aliphatic rings. The predicted molar refractivity (Wildman–Crippen MR) is 143 cm³/mol. The zero-order valence-electron chi connectivity index (χ0n) is 20.8. The van der Waals surface area contributed by atoms with Crippen LogP contribution in [0.15, 0.2) is 53.5 Å². The minimum atomic E-state index is -1.09. The smallest absolute Gasteiger partial charge is 0.303 e. The molecule has 0 bridgehead atoms. The summed E-state index contributed by atoms with van der Waals surface area (Å²) in [5.41, 5.74) is 7.65. The molecule has 10 heteroatoms. The number of carboxylic acids is 1. The van der Waals surface area contributed by atoms with Crippen LogP contribution in [-0.2, 0) is 9.59 Å². The maximum Gasteiger partial charge on any atom is 0.303 e. The molecule has 0 radical (unpaired) electrons. The minimum absolute atomic E-state index is 0.0221. The summed E-state index contributed by atoms with van der Waals surface area (Å²) in [6.45, 7) is 3.35. The molecule has 2 aromatic rings. The highest BCUT2D eigenvalue weighted by Gasteiger charge is 2.20. The Morgan fingerprint density at radius 3 is 2.49 bits per heavy atom. The van der Waals surface area contributed by atoms with Gasteiger partial charge >= 0.3 is 5.97 Å². The van der Waals surface area contributed by atoms with Gasteiger partial charge in [0.1, 0.15) is 17.3 Å². The van der Waals surface area contributed by atoms with Gasteiger partial charge in [-0.15, -0.1) is 0 Å². The van der Waals surface area contributed by atoms with Crippen LogP contribution in [-0.4, -0.2) is 69.4 Å². The van der Waals surface area contributed by atoms with Crippen LogP contribution >= 0.6 is 0 Å². The Bertz CT molecular complexity index is 1200. The maximum absolute atomic E-state index is 12.7. The number of amidine groups is 2. The van der Waals surface area contributed by atoms with Crippen molar-refractivity contribution in [2.75, 3.05) is 24.5 Å². The Morgan fingerprint density at radius 2 is 1.84 bits per heavy atom. The number of phenolic OH excluding ortho intramolecular Hbond substituents is 2. The van der Waals surface area contributed by atoms with Crippen molar-refractivity contribution in [2.45, 2.75) is 38.6 Å². The first-order valence-electron chi connectivity index (χ1n) is 12.1. The van der Waals surface area contributed by atoms with Gasteiger partial charge < -0.3 is 30.9 Å². The standard InChI is InChI=1S/C27H33N5O5/c1-18(28)31-15-12-21(13-16-31)30-27(29)20-8-9-23(33)19(17-20)5-4-14-32(25(35)10-11-26(36)37)22-6-2-3-7-24(22)34/h2-9,17,21,28,33-34H,10-16H2,1H3,(H2,29,30)(H,36,37)/b5-4+,28-18?. The number of carbonyl (C=O) groups is 2. The molecule has 0 saturated carbocycles. The van der Waals surface area contributed by atoms with E-state index in [1.54, 1.807) is 49.4 Å². The lowest BCUT2D eigenvalue weighted by Gasteiger charge is -2.31. The van der Waals surface area contributed by atoms with Gasteiger partial charge in [0.15, 0.2) is 0 Å². The fourth-order valence-corrected chi connectivity index (χ4v) is 4.11. The van der Waals surface area contributed by atoms with Gasteiger partial charge in [-0.25, -0.2) is 0 Å². The fraction of sp³-hybridized carbons (Fsp3) is 0.333. The number of hydrogen-bond donors (Lipinski definition) is 5. The van der Waals surface area contributed by atoms with Crippen molar-refractivity contribution in [2.24, 2.45) is 10.7 Å². The number of rotatable bonds is 9. The highest BCUT2D eigenvalue weighted by atomic mass is 16.4. The summed E-state index contributed by atoms with van der Waals surface area (Å²) < 4.78 is 0. The minimum Gasteiger partial charge on any atom is -0.507 e. The average Bonchev–Trinajstić information content (AvgIpc) is 2.87. The number of nitrogens with two attached hydrogens (primary N) is 1. The predicted octanol–water partition coefficient (Wildman–Crippen LogP) is 3.18. The number of benzene rings is 2. The third-order valence-corrected chi connectivity index (χ3v) is 6.20. The molecule has 0 spiro atoms. The number of phenols is 2. The van der Waals surface area contributed by atoms with Gasteiger partial charge in [-0.2, -0.15) is 0 Å². The maximum atomic E-state index is 12.7. The Labute approximate surface area is 215 Å². The number of likely N-dealkylation sites (tertiary alicyclic amines) is 1. The molecule has 6 N–H and O–H groups in total. The molecule has 0 unspecified atom stereocenters. The Hall–Kier alpha value is -4.34. The topological polar surface area (TPSA) is 164 Å². The number of nitrogens with zero attached hydrogens (tertiary/aromatic N) is 3. The summed E-state index contributed by atoms with van der Waals surface area (Å²) in [6, 6.07) is 11.3. The van der Waals surface area contributed by atoms with E-state index in [1.807, 2.05) is 4.90 Å². The molecule has 1 fully saturated rings. The van der Waals surface area contributed by atoms with Crippen LogP contribution < -0.4 is 10.6 Å². The van der Waals surface area contributed by atoms with E-state index in [-0.39, 0.29) is 42.6 Å². The molecule has 37 heavy (non-hydrogen) atoms. The molecule has 1 aliphatic heterocycles. The zero-order chi connectivity index (χ0) is 26.9. The lowest BCUT2D eigenvalue weighted by Crippen LogP contribution is -2.38. The summed E-state index contributed by atoms with van der Waals surface area (Å²) in [5.74, 6) is -0.706. The third kappa shape index (κ3) is 7.57. The Kier molecular flexibility index (Phi) is 9.26. The zero-order valence-corrected chi connectivity index (χ0v) is 20.8. The number of piperidine rings is 1. The van der Waals surface area contributed by atoms with Gasteiger partial charge in [-0.1, -0.05) is 24.3 Å². The Morgan fingerprint density at radius 1 is 1.14 bits per heavy atom. The molecular formula is C27H33N5O5. The second kappa shape index (κ2) is 12.6. The van der Waals surface area contributed by atoms with E-state index >= 15 is 0 Å². The number of carboxylic acid groups (broad SMARTS) is 1. The number of hydrogen-bond acceptors (Lipinski definition) is 6. The first-order chi connectivity index (χ1) is 17.7. The highest BCUT2D eigenvalue weighted by molar-refractivity contribution is 5.98. The van der Waals surface area contributed by atoms with Crippen LogP contribution in [0.4, 0.5) is 5.69 Å². The number of carbonyl (C=O) groups excluding carboxylic acids is 1. The van der Waals surface area contributed by atoms with Gasteiger partial charge in [0.2, 0.25) is 5.91 Å². The first-order valence-corrected chi connectivity index (χ1v) is 12.1. The molecule has 10 nitrogen and oxygen atoms in total. The van der Waals surface area contributed by atoms with Gasteiger partial charge in [0, 0.05) is 37.2 Å². The van der Waals surface area contributed by atoms with Gasteiger partial charge in [0.05, 0.1) is 24.0 Å². The number of anilines is 1. The van der Waals surface area contributed by atoms with Crippen molar-refractivity contribution in [3.05, 3.63) is 59.7 Å². The molecule has 1 heterocycles. The monoisotopic (exact) mass is 507 g/mol. The van der Waals surface area contributed by atoms with Crippen molar-refractivity contribution in [1.29, 1.82) is 5.41 Å². The first kappa shape index (κ1) is 27.3. The molecule has 1 saturated heterocycles. The van der Waals surface area contributed by atoms with E-state index in [0.29, 0.717) is 22.8 Å². The highest BCUT2D eigenvalue weighted by Crippen LogP contribution is 2.28. The lowest BCUT2D eigenvalue weighted by atomic mass is 10.0. The summed E-state index contributed by atoms with van der Waals surface area (Å²) >= 11 is 0. The second-order valence-electron chi connectivity index (χ2n) is 8.88. The van der Waals surface area contributed by atoms with E-state index in [1.165, 1.54) is 17.0 Å². The lowest BCUT2D eigenvalue weighted by molar-refractivity contribution is -0.138. The number of amides is 1. The number of aliphatic carboxylic acids is 1. The Balaban J connectivity index is 1.75. The van der Waals surface area contributed by atoms with Crippen molar-refractivity contribution in [1.82, 2.24) is 4.90 Å². The SMILES string of the molecule is CC(=N)N1CCC(N=C(N)c2ccc(O)c(/C=C/CN(C(=O)CCC(=O)O)c3ccccc3O)c2)CC1.